The van der Waals surface area contributed by atoms with Gasteiger partial charge in [-0.3, -0.25) is 9.59 Å². The van der Waals surface area contributed by atoms with Gasteiger partial charge in [-0.05, 0) is 17.7 Å². The second-order valence-corrected chi connectivity index (χ2v) is 6.93. The van der Waals surface area contributed by atoms with Crippen LogP contribution in [0.5, 0.6) is 0 Å². The van der Waals surface area contributed by atoms with Crippen LogP contribution in [0.15, 0.2) is 71.5 Å². The zero-order chi connectivity index (χ0) is 21.5. The Morgan fingerprint density at radius 2 is 1.77 bits per heavy atom. The van der Waals surface area contributed by atoms with Gasteiger partial charge in [0.1, 0.15) is 12.6 Å². The quantitative estimate of drug-likeness (QED) is 0.587. The average Bonchev–Trinajstić information content (AvgIpc) is 2.75. The average molecular weight is 426 g/mol. The summed E-state index contributed by atoms with van der Waals surface area (Å²) in [5.74, 6) is -1.11. The number of methoxy groups -OCH3 is 1. The van der Waals surface area contributed by atoms with Crippen LogP contribution in [0.25, 0.3) is 11.3 Å². The molecule has 0 saturated heterocycles. The first-order valence-corrected chi connectivity index (χ1v) is 9.60. The molecule has 1 N–H and O–H groups in total. The number of carbonyl (C=O) groups is 2. The highest BCUT2D eigenvalue weighted by atomic mass is 35.5. The van der Waals surface area contributed by atoms with Crippen LogP contribution in [-0.4, -0.2) is 34.8 Å². The van der Waals surface area contributed by atoms with E-state index in [4.69, 9.17) is 16.3 Å². The van der Waals surface area contributed by atoms with Crippen LogP contribution in [0.4, 0.5) is 0 Å². The summed E-state index contributed by atoms with van der Waals surface area (Å²) >= 11 is 6.20. The van der Waals surface area contributed by atoms with E-state index in [-0.39, 0.29) is 13.0 Å². The van der Waals surface area contributed by atoms with Gasteiger partial charge >= 0.3 is 5.97 Å². The third-order valence-corrected chi connectivity index (χ3v) is 4.74. The van der Waals surface area contributed by atoms with E-state index in [9.17, 15) is 14.4 Å². The van der Waals surface area contributed by atoms with Crippen molar-refractivity contribution in [2.75, 3.05) is 7.11 Å². The normalized spacial score (nSPS) is 11.5. The van der Waals surface area contributed by atoms with Crippen LogP contribution in [-0.2, 0) is 27.3 Å². The minimum Gasteiger partial charge on any atom is -0.467 e. The number of esters is 1. The molecule has 3 aromatic rings. The monoisotopic (exact) mass is 425 g/mol. The van der Waals surface area contributed by atoms with Crippen molar-refractivity contribution in [3.05, 3.63) is 87.7 Å². The number of carbonyl (C=O) groups excluding carboxylic acids is 2. The second kappa shape index (κ2) is 9.84. The predicted molar refractivity (Wildman–Crippen MR) is 113 cm³/mol. The Hall–Kier alpha value is -3.45. The molecule has 0 spiro atoms. The number of amides is 1. The van der Waals surface area contributed by atoms with E-state index < -0.39 is 23.5 Å². The van der Waals surface area contributed by atoms with E-state index in [0.717, 1.165) is 10.2 Å². The van der Waals surface area contributed by atoms with Gasteiger partial charge in [0.15, 0.2) is 0 Å². The van der Waals surface area contributed by atoms with E-state index in [1.807, 2.05) is 30.3 Å². The fourth-order valence-electron chi connectivity index (χ4n) is 2.94. The van der Waals surface area contributed by atoms with E-state index in [2.05, 4.69) is 10.4 Å². The Balaban J connectivity index is 1.77. The molecule has 0 bridgehead atoms. The first-order valence-electron chi connectivity index (χ1n) is 9.22. The van der Waals surface area contributed by atoms with Gasteiger partial charge < -0.3 is 10.1 Å². The van der Waals surface area contributed by atoms with E-state index in [1.54, 1.807) is 30.3 Å². The van der Waals surface area contributed by atoms with E-state index in [0.29, 0.717) is 16.3 Å². The predicted octanol–water partition coefficient (Wildman–Crippen LogP) is 2.46. The summed E-state index contributed by atoms with van der Waals surface area (Å²) in [4.78, 5) is 36.9. The van der Waals surface area contributed by atoms with Crippen LogP contribution in [0.2, 0.25) is 5.02 Å². The maximum Gasteiger partial charge on any atom is 0.328 e. The molecular weight excluding hydrogens is 406 g/mol. The summed E-state index contributed by atoms with van der Waals surface area (Å²) in [7, 11) is 1.26. The largest absolute Gasteiger partial charge is 0.467 e. The molecule has 1 amide bonds. The lowest BCUT2D eigenvalue weighted by Crippen LogP contribution is -2.45. The number of hydrogen-bond acceptors (Lipinski definition) is 5. The minimum absolute atomic E-state index is 0.265. The lowest BCUT2D eigenvalue weighted by atomic mass is 10.1. The van der Waals surface area contributed by atoms with Crippen molar-refractivity contribution in [3.63, 3.8) is 0 Å². The van der Waals surface area contributed by atoms with Crippen LogP contribution in [0.1, 0.15) is 5.56 Å². The van der Waals surface area contributed by atoms with Crippen molar-refractivity contribution >= 4 is 23.5 Å². The van der Waals surface area contributed by atoms with Crippen molar-refractivity contribution < 1.29 is 14.3 Å². The van der Waals surface area contributed by atoms with Crippen molar-refractivity contribution in [2.24, 2.45) is 0 Å². The van der Waals surface area contributed by atoms with Gasteiger partial charge in [0, 0.05) is 18.1 Å². The van der Waals surface area contributed by atoms with Crippen molar-refractivity contribution in [2.45, 2.75) is 19.0 Å². The fourth-order valence-corrected chi connectivity index (χ4v) is 3.17. The van der Waals surface area contributed by atoms with Crippen LogP contribution >= 0.6 is 11.6 Å². The maximum atomic E-state index is 12.6. The van der Waals surface area contributed by atoms with E-state index >= 15 is 0 Å². The first kappa shape index (κ1) is 21.3. The van der Waals surface area contributed by atoms with Gasteiger partial charge in [0.05, 0.1) is 17.8 Å². The highest BCUT2D eigenvalue weighted by molar-refractivity contribution is 6.33. The number of aromatic nitrogens is 2. The Morgan fingerprint density at radius 3 is 2.47 bits per heavy atom. The second-order valence-electron chi connectivity index (χ2n) is 6.53. The third-order valence-electron chi connectivity index (χ3n) is 4.41. The van der Waals surface area contributed by atoms with Crippen molar-refractivity contribution in [3.8, 4) is 11.3 Å². The molecule has 1 atom stereocenters. The summed E-state index contributed by atoms with van der Waals surface area (Å²) in [6.07, 6.45) is 0.265. The van der Waals surface area contributed by atoms with Crippen LogP contribution in [0.3, 0.4) is 0 Å². The lowest BCUT2D eigenvalue weighted by molar-refractivity contribution is -0.145. The summed E-state index contributed by atoms with van der Waals surface area (Å²) in [5, 5.41) is 7.35. The van der Waals surface area contributed by atoms with Gasteiger partial charge in [0.25, 0.3) is 5.56 Å². The zero-order valence-corrected chi connectivity index (χ0v) is 17.0. The molecular formula is C22H20ClN3O4. The first-order chi connectivity index (χ1) is 14.5. The molecule has 1 aromatic heterocycles. The number of hydrogen-bond donors (Lipinski definition) is 1. The Morgan fingerprint density at radius 1 is 1.07 bits per heavy atom. The zero-order valence-electron chi connectivity index (χ0n) is 16.2. The molecule has 7 nitrogen and oxygen atoms in total. The van der Waals surface area contributed by atoms with Gasteiger partial charge in [-0.1, -0.05) is 60.1 Å². The van der Waals surface area contributed by atoms with Crippen molar-refractivity contribution in [1.29, 1.82) is 0 Å². The molecule has 0 aliphatic rings. The summed E-state index contributed by atoms with van der Waals surface area (Å²) in [6.45, 7) is -0.348. The smallest absolute Gasteiger partial charge is 0.328 e. The van der Waals surface area contributed by atoms with Gasteiger partial charge in [-0.15, -0.1) is 0 Å². The Bertz CT molecular complexity index is 1100. The Labute approximate surface area is 178 Å². The van der Waals surface area contributed by atoms with E-state index in [1.165, 1.54) is 13.2 Å². The van der Waals surface area contributed by atoms with Gasteiger partial charge in [-0.25, -0.2) is 9.48 Å². The van der Waals surface area contributed by atoms with Crippen LogP contribution < -0.4 is 10.9 Å². The molecule has 2 aromatic carbocycles. The molecule has 0 aliphatic heterocycles. The molecule has 3 rings (SSSR count). The molecule has 154 valence electrons. The molecule has 0 fully saturated rings. The van der Waals surface area contributed by atoms with Crippen LogP contribution in [0, 0.1) is 0 Å². The molecule has 0 radical (unpaired) electrons. The van der Waals surface area contributed by atoms with Crippen molar-refractivity contribution in [1.82, 2.24) is 15.1 Å². The number of halogens is 1. The Kier molecular flexibility index (Phi) is 6.98. The third kappa shape index (κ3) is 5.33. The molecule has 0 saturated carbocycles. The number of nitrogens with one attached hydrogen (secondary N) is 1. The number of nitrogens with zero attached hydrogens (tertiary/aromatic N) is 2. The number of ether oxygens (including phenoxy) is 1. The van der Waals surface area contributed by atoms with Gasteiger partial charge in [-0.2, -0.15) is 5.10 Å². The summed E-state index contributed by atoms with van der Waals surface area (Å²) in [5.41, 5.74) is 1.52. The van der Waals surface area contributed by atoms with Gasteiger partial charge in [0.2, 0.25) is 5.91 Å². The highest BCUT2D eigenvalue weighted by Gasteiger charge is 2.22. The topological polar surface area (TPSA) is 90.3 Å². The molecule has 1 heterocycles. The molecule has 0 aliphatic carbocycles. The lowest BCUT2D eigenvalue weighted by Gasteiger charge is -2.17. The number of benzene rings is 2. The molecule has 8 heteroatoms. The maximum absolute atomic E-state index is 12.6. The molecule has 1 unspecified atom stereocenters. The fraction of sp³-hybridized carbons (Fsp3) is 0.182. The highest BCUT2D eigenvalue weighted by Crippen LogP contribution is 2.24. The number of rotatable bonds is 7. The summed E-state index contributed by atoms with van der Waals surface area (Å²) < 4.78 is 5.83. The molecule has 30 heavy (non-hydrogen) atoms. The summed E-state index contributed by atoms with van der Waals surface area (Å²) in [6, 6.07) is 18.3. The standard InChI is InChI=1S/C22H20ClN3O4/c1-30-22(29)19(13-15-7-3-2-4-8-15)24-20(27)14-26-21(28)12-11-18(25-26)16-9-5-6-10-17(16)23/h2-12,19H,13-14H2,1H3,(H,24,27). The minimum atomic E-state index is -0.882. The SMILES string of the molecule is COC(=O)C(Cc1ccccc1)NC(=O)Cn1nc(-c2ccccc2Cl)ccc1=O.